The van der Waals surface area contributed by atoms with Crippen LogP contribution in [0.1, 0.15) is 64.6 Å². The van der Waals surface area contributed by atoms with Gasteiger partial charge in [0.2, 0.25) is 0 Å². The molecular weight excluding hydrogens is 288 g/mol. The second kappa shape index (κ2) is 6.93. The summed E-state index contributed by atoms with van der Waals surface area (Å²) in [5.74, 6) is 0.728. The van der Waals surface area contributed by atoms with E-state index in [1.807, 2.05) is 16.9 Å². The fourth-order valence-corrected chi connectivity index (χ4v) is 4.25. The minimum atomic E-state index is 0.121. The third-order valence-electron chi connectivity index (χ3n) is 5.43. The molecule has 3 unspecified atom stereocenters. The molecule has 1 aliphatic heterocycles. The summed E-state index contributed by atoms with van der Waals surface area (Å²) >= 11 is 0. The molecule has 0 aromatic carbocycles. The van der Waals surface area contributed by atoms with Crippen LogP contribution in [0.15, 0.2) is 12.3 Å². The van der Waals surface area contributed by atoms with Crippen molar-refractivity contribution in [2.24, 2.45) is 5.92 Å². The van der Waals surface area contributed by atoms with E-state index in [0.717, 1.165) is 18.0 Å². The third kappa shape index (κ3) is 3.54. The lowest BCUT2D eigenvalue weighted by molar-refractivity contribution is 0.156. The predicted molar refractivity (Wildman–Crippen MR) is 91.4 cm³/mol. The lowest BCUT2D eigenvalue weighted by Gasteiger charge is -2.33. The highest BCUT2D eigenvalue weighted by Crippen LogP contribution is 2.39. The Balaban J connectivity index is 1.50. The smallest absolute Gasteiger partial charge is 0.317 e. The fraction of sp³-hybridized carbons (Fsp3) is 0.778. The quantitative estimate of drug-likeness (QED) is 0.925. The average molecular weight is 318 g/mol. The van der Waals surface area contributed by atoms with Crippen molar-refractivity contribution in [2.45, 2.75) is 77.4 Å². The van der Waals surface area contributed by atoms with Crippen molar-refractivity contribution >= 4 is 6.03 Å². The number of hydrogen-bond donors (Lipinski definition) is 1. The molecule has 0 bridgehead atoms. The summed E-state index contributed by atoms with van der Waals surface area (Å²) in [4.78, 5) is 14.7. The van der Waals surface area contributed by atoms with Crippen LogP contribution in [0.5, 0.6) is 0 Å². The van der Waals surface area contributed by atoms with Crippen molar-refractivity contribution in [1.82, 2.24) is 20.0 Å². The van der Waals surface area contributed by atoms with Gasteiger partial charge in [0.1, 0.15) is 0 Å². The first kappa shape index (κ1) is 16.3. The molecule has 1 saturated carbocycles. The van der Waals surface area contributed by atoms with E-state index in [1.165, 1.54) is 32.1 Å². The Bertz CT molecular complexity index is 539. The normalized spacial score (nSPS) is 27.3. The van der Waals surface area contributed by atoms with Crippen molar-refractivity contribution in [3.8, 4) is 0 Å². The molecule has 128 valence electrons. The molecule has 1 aliphatic carbocycles. The highest BCUT2D eigenvalue weighted by atomic mass is 16.2. The molecule has 1 N–H and O–H groups in total. The number of likely N-dealkylation sites (tertiary alicyclic amines) is 1. The molecule has 2 heterocycles. The number of urea groups is 1. The van der Waals surface area contributed by atoms with Crippen molar-refractivity contribution in [3.05, 3.63) is 18.0 Å². The number of carbonyl (C=O) groups is 1. The van der Waals surface area contributed by atoms with Crippen LogP contribution in [-0.2, 0) is 6.42 Å². The maximum Gasteiger partial charge on any atom is 0.317 e. The van der Waals surface area contributed by atoms with E-state index in [0.29, 0.717) is 24.7 Å². The Morgan fingerprint density at radius 1 is 1.39 bits per heavy atom. The van der Waals surface area contributed by atoms with Gasteiger partial charge in [-0.05, 0) is 52.0 Å². The highest BCUT2D eigenvalue weighted by Gasteiger charge is 2.42. The number of fused-ring (bicyclic) bond motifs is 1. The van der Waals surface area contributed by atoms with Crippen molar-refractivity contribution in [1.29, 1.82) is 0 Å². The zero-order valence-corrected chi connectivity index (χ0v) is 14.7. The molecule has 0 radical (unpaired) electrons. The van der Waals surface area contributed by atoms with E-state index < -0.39 is 0 Å². The van der Waals surface area contributed by atoms with Crippen LogP contribution in [0, 0.1) is 5.92 Å². The van der Waals surface area contributed by atoms with Gasteiger partial charge in [-0.3, -0.25) is 4.68 Å². The average Bonchev–Trinajstić information content (AvgIpc) is 3.10. The number of nitrogens with one attached hydrogen (secondary N) is 1. The van der Waals surface area contributed by atoms with Gasteiger partial charge >= 0.3 is 6.03 Å². The molecule has 1 aromatic heterocycles. The topological polar surface area (TPSA) is 50.2 Å². The van der Waals surface area contributed by atoms with Gasteiger partial charge in [0.05, 0.1) is 5.69 Å². The van der Waals surface area contributed by atoms with Gasteiger partial charge in [-0.25, -0.2) is 4.79 Å². The Morgan fingerprint density at radius 2 is 2.17 bits per heavy atom. The maximum atomic E-state index is 12.6. The van der Waals surface area contributed by atoms with Crippen LogP contribution < -0.4 is 5.32 Å². The third-order valence-corrected chi connectivity index (χ3v) is 5.43. The monoisotopic (exact) mass is 318 g/mol. The van der Waals surface area contributed by atoms with Crippen LogP contribution in [-0.4, -0.2) is 39.3 Å². The molecule has 5 nitrogen and oxygen atoms in total. The summed E-state index contributed by atoms with van der Waals surface area (Å²) in [6, 6.07) is 3.39. The summed E-state index contributed by atoms with van der Waals surface area (Å²) < 4.78 is 1.96. The molecule has 1 saturated heterocycles. The van der Waals surface area contributed by atoms with E-state index in [2.05, 4.69) is 36.1 Å². The Hall–Kier alpha value is -1.52. The zero-order chi connectivity index (χ0) is 16.4. The lowest BCUT2D eigenvalue weighted by Crippen LogP contribution is -2.48. The summed E-state index contributed by atoms with van der Waals surface area (Å²) in [5, 5.41) is 7.65. The highest BCUT2D eigenvalue weighted by molar-refractivity contribution is 5.75. The standard InChI is InChI=1S/C18H30N4O/c1-13(2)21-11-9-16(20-21)8-10-19-18(23)22-14(3)12-15-6-4-5-7-17(15)22/h9,11,13-15,17H,4-8,10,12H2,1-3H3,(H,19,23). The summed E-state index contributed by atoms with van der Waals surface area (Å²) in [6.07, 6.45) is 9.06. The number of rotatable bonds is 4. The fourth-order valence-electron chi connectivity index (χ4n) is 4.25. The second-order valence-corrected chi connectivity index (χ2v) is 7.47. The summed E-state index contributed by atoms with van der Waals surface area (Å²) in [6.45, 7) is 7.10. The minimum absolute atomic E-state index is 0.121. The van der Waals surface area contributed by atoms with Crippen molar-refractivity contribution < 1.29 is 4.79 Å². The summed E-state index contributed by atoms with van der Waals surface area (Å²) in [7, 11) is 0. The predicted octanol–water partition coefficient (Wildman–Crippen LogP) is 3.37. The summed E-state index contributed by atoms with van der Waals surface area (Å²) in [5.41, 5.74) is 1.05. The number of nitrogens with zero attached hydrogens (tertiary/aromatic N) is 3. The first-order chi connectivity index (χ1) is 11.1. The Labute approximate surface area is 139 Å². The van der Waals surface area contributed by atoms with E-state index in [4.69, 9.17) is 0 Å². The van der Waals surface area contributed by atoms with Crippen LogP contribution in [0.25, 0.3) is 0 Å². The number of aromatic nitrogens is 2. The van der Waals surface area contributed by atoms with Crippen LogP contribution in [0.2, 0.25) is 0 Å². The molecule has 3 rings (SSSR count). The maximum absolute atomic E-state index is 12.6. The SMILES string of the molecule is CC1CC2CCCCC2N1C(=O)NCCc1ccn(C(C)C)n1. The zero-order valence-electron chi connectivity index (χ0n) is 14.7. The van der Waals surface area contributed by atoms with Gasteiger partial charge in [0, 0.05) is 37.3 Å². The molecular formula is C18H30N4O. The van der Waals surface area contributed by atoms with Gasteiger partial charge in [0.15, 0.2) is 0 Å². The number of amides is 2. The lowest BCUT2D eigenvalue weighted by atomic mass is 9.85. The van der Waals surface area contributed by atoms with E-state index >= 15 is 0 Å². The van der Waals surface area contributed by atoms with E-state index in [-0.39, 0.29) is 6.03 Å². The van der Waals surface area contributed by atoms with Gasteiger partial charge < -0.3 is 10.2 Å². The van der Waals surface area contributed by atoms with Crippen molar-refractivity contribution in [2.75, 3.05) is 6.54 Å². The molecule has 2 fully saturated rings. The molecule has 2 amide bonds. The molecule has 0 spiro atoms. The Morgan fingerprint density at radius 3 is 2.91 bits per heavy atom. The van der Waals surface area contributed by atoms with Gasteiger partial charge in [-0.2, -0.15) is 5.10 Å². The molecule has 3 atom stereocenters. The minimum Gasteiger partial charge on any atom is -0.338 e. The van der Waals surface area contributed by atoms with Gasteiger partial charge in [0.25, 0.3) is 0 Å². The largest absolute Gasteiger partial charge is 0.338 e. The number of hydrogen-bond acceptors (Lipinski definition) is 2. The molecule has 1 aromatic rings. The number of carbonyl (C=O) groups excluding carboxylic acids is 1. The molecule has 23 heavy (non-hydrogen) atoms. The van der Waals surface area contributed by atoms with Gasteiger partial charge in [-0.15, -0.1) is 0 Å². The van der Waals surface area contributed by atoms with Crippen molar-refractivity contribution in [3.63, 3.8) is 0 Å². The van der Waals surface area contributed by atoms with Crippen LogP contribution in [0.3, 0.4) is 0 Å². The second-order valence-electron chi connectivity index (χ2n) is 7.47. The Kier molecular flexibility index (Phi) is 4.93. The first-order valence-electron chi connectivity index (χ1n) is 9.16. The molecule has 2 aliphatic rings. The first-order valence-corrected chi connectivity index (χ1v) is 9.16. The van der Waals surface area contributed by atoms with Gasteiger partial charge in [-0.1, -0.05) is 12.8 Å². The van der Waals surface area contributed by atoms with E-state index in [9.17, 15) is 4.79 Å². The molecule has 5 heteroatoms. The van der Waals surface area contributed by atoms with Crippen LogP contribution >= 0.6 is 0 Å². The van der Waals surface area contributed by atoms with E-state index in [1.54, 1.807) is 0 Å². The van der Waals surface area contributed by atoms with Crippen LogP contribution in [0.4, 0.5) is 4.79 Å².